The van der Waals surface area contributed by atoms with E-state index in [4.69, 9.17) is 0 Å². The van der Waals surface area contributed by atoms with E-state index in [2.05, 4.69) is 21.4 Å². The van der Waals surface area contributed by atoms with E-state index in [1.165, 1.54) is 12.7 Å². The Morgan fingerprint density at radius 1 is 1.77 bits per heavy atom. The van der Waals surface area contributed by atoms with Gasteiger partial charge in [0.25, 0.3) is 0 Å². The maximum atomic E-state index is 10.7. The molecule has 0 fully saturated rings. The van der Waals surface area contributed by atoms with E-state index >= 15 is 0 Å². The molecule has 4 heteroatoms. The van der Waals surface area contributed by atoms with Crippen molar-refractivity contribution < 1.29 is 9.53 Å². The van der Waals surface area contributed by atoms with Crippen LogP contribution in [0.25, 0.3) is 0 Å². The minimum absolute atomic E-state index is 0.352. The lowest BCUT2D eigenvalue weighted by atomic mass is 10.1. The molecule has 1 aliphatic heterocycles. The predicted molar refractivity (Wildman–Crippen MR) is 50.6 cm³/mol. The molecule has 0 aliphatic carbocycles. The highest BCUT2D eigenvalue weighted by Crippen LogP contribution is 2.07. The van der Waals surface area contributed by atoms with Crippen molar-refractivity contribution >= 4 is 6.09 Å². The number of ether oxygens (including phenoxy) is 1. The van der Waals surface area contributed by atoms with Gasteiger partial charge in [-0.2, -0.15) is 0 Å². The van der Waals surface area contributed by atoms with E-state index in [9.17, 15) is 4.79 Å². The number of hydrogen-bond donors (Lipinski definition) is 2. The molecule has 13 heavy (non-hydrogen) atoms. The Bertz CT molecular complexity index is 202. The van der Waals surface area contributed by atoms with Gasteiger partial charge in [-0.3, -0.25) is 0 Å². The Labute approximate surface area is 78.3 Å². The molecular formula is C9H16N2O2. The fraction of sp³-hybridized carbons (Fsp3) is 0.667. The SMILES string of the molecule is COC(=O)NCCC1=CCNCC1. The summed E-state index contributed by atoms with van der Waals surface area (Å²) in [4.78, 5) is 10.7. The zero-order valence-corrected chi connectivity index (χ0v) is 7.93. The zero-order valence-electron chi connectivity index (χ0n) is 7.93. The van der Waals surface area contributed by atoms with Crippen LogP contribution in [-0.2, 0) is 4.74 Å². The Balaban J connectivity index is 2.11. The summed E-state index contributed by atoms with van der Waals surface area (Å²) in [7, 11) is 1.37. The second-order valence-electron chi connectivity index (χ2n) is 2.98. The van der Waals surface area contributed by atoms with Gasteiger partial charge in [-0.25, -0.2) is 4.79 Å². The molecule has 0 saturated heterocycles. The normalized spacial score (nSPS) is 16.2. The van der Waals surface area contributed by atoms with Crippen LogP contribution >= 0.6 is 0 Å². The van der Waals surface area contributed by atoms with Crippen LogP contribution in [0.4, 0.5) is 4.79 Å². The maximum absolute atomic E-state index is 10.7. The second-order valence-corrected chi connectivity index (χ2v) is 2.98. The topological polar surface area (TPSA) is 50.4 Å². The molecule has 74 valence electrons. The molecule has 1 heterocycles. The molecule has 0 unspecified atom stereocenters. The summed E-state index contributed by atoms with van der Waals surface area (Å²) < 4.78 is 4.46. The second kappa shape index (κ2) is 5.59. The van der Waals surface area contributed by atoms with Crippen LogP contribution in [0.15, 0.2) is 11.6 Å². The molecular weight excluding hydrogens is 168 g/mol. The van der Waals surface area contributed by atoms with Crippen LogP contribution in [0.2, 0.25) is 0 Å². The first-order valence-electron chi connectivity index (χ1n) is 4.53. The molecule has 0 bridgehead atoms. The van der Waals surface area contributed by atoms with E-state index in [0.717, 1.165) is 25.9 Å². The molecule has 0 spiro atoms. The molecule has 0 aromatic heterocycles. The highest BCUT2D eigenvalue weighted by Gasteiger charge is 2.03. The number of hydrogen-bond acceptors (Lipinski definition) is 3. The third kappa shape index (κ3) is 3.94. The lowest BCUT2D eigenvalue weighted by molar-refractivity contribution is 0.171. The van der Waals surface area contributed by atoms with E-state index in [1.807, 2.05) is 0 Å². The van der Waals surface area contributed by atoms with Crippen molar-refractivity contribution in [2.24, 2.45) is 0 Å². The fourth-order valence-electron chi connectivity index (χ4n) is 1.29. The molecule has 1 aliphatic rings. The molecule has 2 N–H and O–H groups in total. The summed E-state index contributed by atoms with van der Waals surface area (Å²) in [6, 6.07) is 0. The summed E-state index contributed by atoms with van der Waals surface area (Å²) in [6.45, 7) is 2.66. The van der Waals surface area contributed by atoms with Crippen molar-refractivity contribution in [3.63, 3.8) is 0 Å². The van der Waals surface area contributed by atoms with Gasteiger partial charge < -0.3 is 15.4 Å². The Kier molecular flexibility index (Phi) is 4.32. The zero-order chi connectivity index (χ0) is 9.52. The summed E-state index contributed by atoms with van der Waals surface area (Å²) in [5.74, 6) is 0. The molecule has 4 nitrogen and oxygen atoms in total. The van der Waals surface area contributed by atoms with E-state index < -0.39 is 0 Å². The van der Waals surface area contributed by atoms with Gasteiger partial charge in [0.05, 0.1) is 7.11 Å². The lowest BCUT2D eigenvalue weighted by Crippen LogP contribution is -2.26. The first kappa shape index (κ1) is 10.1. The van der Waals surface area contributed by atoms with Gasteiger partial charge in [-0.05, 0) is 19.4 Å². The lowest BCUT2D eigenvalue weighted by Gasteiger charge is -2.13. The number of methoxy groups -OCH3 is 1. The number of carbonyl (C=O) groups excluding carboxylic acids is 1. The van der Waals surface area contributed by atoms with Crippen molar-refractivity contribution in [2.75, 3.05) is 26.7 Å². The van der Waals surface area contributed by atoms with Gasteiger partial charge in [0, 0.05) is 13.1 Å². The summed E-state index contributed by atoms with van der Waals surface area (Å²) in [5.41, 5.74) is 1.41. The molecule has 0 radical (unpaired) electrons. The molecule has 0 aromatic rings. The van der Waals surface area contributed by atoms with Crippen LogP contribution in [0.5, 0.6) is 0 Å². The quantitative estimate of drug-likeness (QED) is 0.633. The average Bonchev–Trinajstić information content (AvgIpc) is 2.19. The number of amides is 1. The van der Waals surface area contributed by atoms with Crippen molar-refractivity contribution in [2.45, 2.75) is 12.8 Å². The van der Waals surface area contributed by atoms with Gasteiger partial charge in [0.1, 0.15) is 0 Å². The molecule has 1 rings (SSSR count). The van der Waals surface area contributed by atoms with Crippen molar-refractivity contribution in [3.8, 4) is 0 Å². The van der Waals surface area contributed by atoms with E-state index in [-0.39, 0.29) is 6.09 Å². The van der Waals surface area contributed by atoms with Crippen LogP contribution in [0.3, 0.4) is 0 Å². The van der Waals surface area contributed by atoms with Crippen LogP contribution < -0.4 is 10.6 Å². The molecule has 0 atom stereocenters. The number of alkyl carbamates (subject to hydrolysis) is 1. The number of carbonyl (C=O) groups is 1. The Morgan fingerprint density at radius 2 is 2.62 bits per heavy atom. The molecule has 0 aromatic carbocycles. The van der Waals surface area contributed by atoms with Gasteiger partial charge in [-0.15, -0.1) is 0 Å². The van der Waals surface area contributed by atoms with E-state index in [1.54, 1.807) is 0 Å². The predicted octanol–water partition coefficient (Wildman–Crippen LogP) is 0.652. The van der Waals surface area contributed by atoms with Crippen molar-refractivity contribution in [3.05, 3.63) is 11.6 Å². The van der Waals surface area contributed by atoms with Crippen LogP contribution in [0.1, 0.15) is 12.8 Å². The number of rotatable bonds is 3. The van der Waals surface area contributed by atoms with Crippen LogP contribution in [-0.4, -0.2) is 32.8 Å². The third-order valence-electron chi connectivity index (χ3n) is 2.06. The minimum atomic E-state index is -0.352. The van der Waals surface area contributed by atoms with Gasteiger partial charge in [0.2, 0.25) is 0 Å². The maximum Gasteiger partial charge on any atom is 0.406 e. The summed E-state index contributed by atoms with van der Waals surface area (Å²) in [6.07, 6.45) is 3.84. The van der Waals surface area contributed by atoms with Crippen molar-refractivity contribution in [1.29, 1.82) is 0 Å². The first-order valence-corrected chi connectivity index (χ1v) is 4.53. The van der Waals surface area contributed by atoms with Gasteiger partial charge in [0.15, 0.2) is 0 Å². The summed E-state index contributed by atoms with van der Waals surface area (Å²) >= 11 is 0. The Hall–Kier alpha value is -1.03. The number of nitrogens with one attached hydrogen (secondary N) is 2. The third-order valence-corrected chi connectivity index (χ3v) is 2.06. The monoisotopic (exact) mass is 184 g/mol. The minimum Gasteiger partial charge on any atom is -0.453 e. The average molecular weight is 184 g/mol. The standard InChI is InChI=1S/C9H16N2O2/c1-13-9(12)11-7-4-8-2-5-10-6-3-8/h2,10H,3-7H2,1H3,(H,11,12). The molecule has 1 amide bonds. The molecule has 0 saturated carbocycles. The van der Waals surface area contributed by atoms with Gasteiger partial charge in [-0.1, -0.05) is 11.6 Å². The van der Waals surface area contributed by atoms with Crippen LogP contribution in [0, 0.1) is 0 Å². The van der Waals surface area contributed by atoms with Gasteiger partial charge >= 0.3 is 6.09 Å². The Morgan fingerprint density at radius 3 is 3.23 bits per heavy atom. The summed E-state index contributed by atoms with van der Waals surface area (Å²) in [5, 5.41) is 5.89. The first-order chi connectivity index (χ1) is 6.33. The van der Waals surface area contributed by atoms with E-state index in [0.29, 0.717) is 6.54 Å². The fourth-order valence-corrected chi connectivity index (χ4v) is 1.29. The highest BCUT2D eigenvalue weighted by molar-refractivity contribution is 5.66. The van der Waals surface area contributed by atoms with Crippen molar-refractivity contribution in [1.82, 2.24) is 10.6 Å². The smallest absolute Gasteiger partial charge is 0.406 e. The highest BCUT2D eigenvalue weighted by atomic mass is 16.5. The largest absolute Gasteiger partial charge is 0.453 e.